The highest BCUT2D eigenvalue weighted by molar-refractivity contribution is 7.14. The van der Waals surface area contributed by atoms with E-state index in [0.29, 0.717) is 17.8 Å². The van der Waals surface area contributed by atoms with Crippen molar-refractivity contribution in [2.45, 2.75) is 32.8 Å². The minimum Gasteiger partial charge on any atom is -0.481 e. The van der Waals surface area contributed by atoms with Gasteiger partial charge in [-0.15, -0.1) is 11.3 Å². The number of carbonyl (C=O) groups is 2. The lowest BCUT2D eigenvalue weighted by atomic mass is 9.81. The monoisotopic (exact) mass is 345 g/mol. The maximum atomic E-state index is 12.7. The zero-order valence-electron chi connectivity index (χ0n) is 12.6. The maximum absolute atomic E-state index is 12.7. The molecule has 1 aliphatic heterocycles. The Labute approximate surface area is 135 Å². The fraction of sp³-hybridized carbons (Fsp3) is 0.600. The number of carboxylic acid groups (broad SMARTS) is 1. The fourth-order valence-electron chi connectivity index (χ4n) is 3.76. The number of fused-ring (bicyclic) bond motifs is 1. The molecule has 2 fully saturated rings. The molecule has 1 N–H and O–H groups in total. The topological polar surface area (TPSA) is 66.8 Å². The van der Waals surface area contributed by atoms with Gasteiger partial charge in [0, 0.05) is 18.0 Å². The number of rotatable bonds is 4. The van der Waals surface area contributed by atoms with E-state index in [1.807, 2.05) is 0 Å². The molecule has 5 nitrogen and oxygen atoms in total. The van der Waals surface area contributed by atoms with Gasteiger partial charge in [-0.05, 0) is 31.7 Å². The van der Waals surface area contributed by atoms with Crippen LogP contribution in [-0.2, 0) is 4.79 Å². The summed E-state index contributed by atoms with van der Waals surface area (Å²) in [6.07, 6.45) is 2.18. The van der Waals surface area contributed by atoms with Crippen LogP contribution in [0.2, 0.25) is 0 Å². The zero-order chi connectivity index (χ0) is 16.8. The van der Waals surface area contributed by atoms with Gasteiger partial charge in [0.05, 0.1) is 5.41 Å². The molecule has 8 heteroatoms. The van der Waals surface area contributed by atoms with Crippen molar-refractivity contribution < 1.29 is 28.2 Å². The third kappa shape index (κ3) is 2.69. The molecule has 23 heavy (non-hydrogen) atoms. The van der Waals surface area contributed by atoms with E-state index in [0.717, 1.165) is 24.2 Å². The van der Waals surface area contributed by atoms with Crippen LogP contribution in [0.4, 0.5) is 8.78 Å². The third-order valence-electron chi connectivity index (χ3n) is 4.82. The van der Waals surface area contributed by atoms with Crippen LogP contribution in [0.5, 0.6) is 5.75 Å². The molecular weight excluding hydrogens is 328 g/mol. The van der Waals surface area contributed by atoms with Crippen LogP contribution in [0.3, 0.4) is 0 Å². The van der Waals surface area contributed by atoms with Gasteiger partial charge < -0.3 is 14.7 Å². The Kier molecular flexibility index (Phi) is 4.03. The number of nitrogens with zero attached hydrogens (tertiary/aromatic N) is 1. The predicted octanol–water partition coefficient (Wildman–Crippen LogP) is 2.98. The first kappa shape index (κ1) is 16.2. The number of ether oxygens (including phenoxy) is 1. The van der Waals surface area contributed by atoms with Crippen LogP contribution in [0.15, 0.2) is 6.07 Å². The Morgan fingerprint density at radius 1 is 1.52 bits per heavy atom. The van der Waals surface area contributed by atoms with Gasteiger partial charge in [-0.25, -0.2) is 0 Å². The standard InChI is InChI=1S/C15H17F2NO4S/c1-8-5-10(22-14(16)17)11(23-8)12(19)18-6-9-3-2-4-15(9,7-18)13(20)21/h5,9,14H,2-4,6-7H2,1H3,(H,20,21)/t9-,15+/m0/s1. The number of hydrogen-bond acceptors (Lipinski definition) is 4. The number of aliphatic carboxylic acids is 1. The van der Waals surface area contributed by atoms with Crippen molar-refractivity contribution in [1.82, 2.24) is 4.90 Å². The van der Waals surface area contributed by atoms with Gasteiger partial charge >= 0.3 is 12.6 Å². The number of thiophene rings is 1. The van der Waals surface area contributed by atoms with Gasteiger partial charge in [-0.1, -0.05) is 6.42 Å². The summed E-state index contributed by atoms with van der Waals surface area (Å²) in [5.41, 5.74) is -0.883. The van der Waals surface area contributed by atoms with Crippen molar-refractivity contribution in [2.75, 3.05) is 13.1 Å². The first-order valence-electron chi connectivity index (χ1n) is 7.41. The number of alkyl halides is 2. The molecule has 1 saturated heterocycles. The van der Waals surface area contributed by atoms with Crippen LogP contribution in [0.1, 0.15) is 33.8 Å². The summed E-state index contributed by atoms with van der Waals surface area (Å²) in [4.78, 5) is 26.6. The Bertz CT molecular complexity index is 647. The molecule has 2 aliphatic rings. The molecule has 126 valence electrons. The molecule has 1 amide bonds. The zero-order valence-corrected chi connectivity index (χ0v) is 13.4. The summed E-state index contributed by atoms with van der Waals surface area (Å²) in [5.74, 6) is -1.49. The van der Waals surface area contributed by atoms with Crippen molar-refractivity contribution in [2.24, 2.45) is 11.3 Å². The molecule has 0 unspecified atom stereocenters. The van der Waals surface area contributed by atoms with Gasteiger partial charge in [-0.2, -0.15) is 8.78 Å². The molecule has 0 spiro atoms. The molecule has 1 saturated carbocycles. The van der Waals surface area contributed by atoms with Gasteiger partial charge in [0.2, 0.25) is 0 Å². The average molecular weight is 345 g/mol. The molecule has 0 radical (unpaired) electrons. The smallest absolute Gasteiger partial charge is 0.387 e. The van der Waals surface area contributed by atoms with Crippen LogP contribution in [0.25, 0.3) is 0 Å². The Morgan fingerprint density at radius 3 is 2.87 bits per heavy atom. The second kappa shape index (κ2) is 5.74. The summed E-state index contributed by atoms with van der Waals surface area (Å²) >= 11 is 1.09. The molecule has 0 bridgehead atoms. The van der Waals surface area contributed by atoms with E-state index in [1.54, 1.807) is 6.92 Å². The second-order valence-corrected chi connectivity index (χ2v) is 7.42. The van der Waals surface area contributed by atoms with Crippen molar-refractivity contribution in [3.8, 4) is 5.75 Å². The molecule has 2 atom stereocenters. The van der Waals surface area contributed by atoms with Gasteiger partial charge in [-0.3, -0.25) is 9.59 Å². The number of carboxylic acids is 1. The predicted molar refractivity (Wildman–Crippen MR) is 79.0 cm³/mol. The summed E-state index contributed by atoms with van der Waals surface area (Å²) in [5, 5.41) is 9.56. The first-order chi connectivity index (χ1) is 10.8. The van der Waals surface area contributed by atoms with E-state index in [4.69, 9.17) is 0 Å². The van der Waals surface area contributed by atoms with Crippen LogP contribution in [-0.4, -0.2) is 41.6 Å². The van der Waals surface area contributed by atoms with Crippen molar-refractivity contribution in [3.05, 3.63) is 15.8 Å². The summed E-state index contributed by atoms with van der Waals surface area (Å²) in [6, 6.07) is 1.41. The quantitative estimate of drug-likeness (QED) is 0.911. The van der Waals surface area contributed by atoms with Crippen LogP contribution in [0, 0.1) is 18.3 Å². The number of likely N-dealkylation sites (tertiary alicyclic amines) is 1. The third-order valence-corrected chi connectivity index (χ3v) is 5.84. The number of hydrogen-bond donors (Lipinski definition) is 1. The number of carbonyl (C=O) groups excluding carboxylic acids is 1. The minimum absolute atomic E-state index is 0.0653. The lowest BCUT2D eigenvalue weighted by Crippen LogP contribution is -2.37. The number of amides is 1. The van der Waals surface area contributed by atoms with E-state index in [1.165, 1.54) is 11.0 Å². The largest absolute Gasteiger partial charge is 0.481 e. The summed E-state index contributed by atoms with van der Waals surface area (Å²) in [7, 11) is 0. The molecule has 2 heterocycles. The molecule has 3 rings (SSSR count). The van der Waals surface area contributed by atoms with E-state index < -0.39 is 23.9 Å². The first-order valence-corrected chi connectivity index (χ1v) is 8.23. The van der Waals surface area contributed by atoms with Gasteiger partial charge in [0.25, 0.3) is 5.91 Å². The Hall–Kier alpha value is -1.70. The normalized spacial score (nSPS) is 26.6. The second-order valence-electron chi connectivity index (χ2n) is 6.17. The van der Waals surface area contributed by atoms with Crippen LogP contribution >= 0.6 is 11.3 Å². The lowest BCUT2D eigenvalue weighted by Gasteiger charge is -2.23. The molecule has 1 aromatic rings. The molecule has 1 aliphatic carbocycles. The highest BCUT2D eigenvalue weighted by atomic mass is 32.1. The lowest BCUT2D eigenvalue weighted by molar-refractivity contribution is -0.149. The van der Waals surface area contributed by atoms with E-state index in [9.17, 15) is 23.5 Å². The Morgan fingerprint density at radius 2 is 2.26 bits per heavy atom. The Balaban J connectivity index is 1.84. The van der Waals surface area contributed by atoms with E-state index >= 15 is 0 Å². The van der Waals surface area contributed by atoms with Crippen molar-refractivity contribution in [3.63, 3.8) is 0 Å². The highest BCUT2D eigenvalue weighted by Gasteiger charge is 2.56. The maximum Gasteiger partial charge on any atom is 0.387 e. The average Bonchev–Trinajstić information content (AvgIpc) is 3.09. The van der Waals surface area contributed by atoms with Gasteiger partial charge in [0.15, 0.2) is 0 Å². The fourth-order valence-corrected chi connectivity index (χ4v) is 4.67. The minimum atomic E-state index is -3.00. The van der Waals surface area contributed by atoms with E-state index in [-0.39, 0.29) is 23.1 Å². The molecule has 1 aromatic heterocycles. The number of aryl methyl sites for hydroxylation is 1. The molecular formula is C15H17F2NO4S. The summed E-state index contributed by atoms with van der Waals surface area (Å²) < 4.78 is 29.4. The van der Waals surface area contributed by atoms with Crippen molar-refractivity contribution in [1.29, 1.82) is 0 Å². The van der Waals surface area contributed by atoms with Crippen LogP contribution < -0.4 is 4.74 Å². The van der Waals surface area contributed by atoms with Crippen molar-refractivity contribution >= 4 is 23.2 Å². The number of halogens is 2. The van der Waals surface area contributed by atoms with Gasteiger partial charge in [0.1, 0.15) is 10.6 Å². The summed E-state index contributed by atoms with van der Waals surface area (Å²) in [6.45, 7) is -0.802. The molecule has 0 aromatic carbocycles. The highest BCUT2D eigenvalue weighted by Crippen LogP contribution is 2.49. The SMILES string of the molecule is Cc1cc(OC(F)F)c(C(=O)N2C[C@@H]3CCC[C@@]3(C(=O)O)C2)s1. The van der Waals surface area contributed by atoms with E-state index in [2.05, 4.69) is 4.74 Å².